The molecule has 1 N–H and O–H groups in total. The highest BCUT2D eigenvalue weighted by Crippen LogP contribution is 2.18. The van der Waals surface area contributed by atoms with Crippen LogP contribution in [-0.2, 0) is 6.42 Å². The number of benzene rings is 1. The first kappa shape index (κ1) is 14.6. The molecule has 1 aromatic rings. The van der Waals surface area contributed by atoms with Gasteiger partial charge in [-0.15, -0.1) is 0 Å². The highest BCUT2D eigenvalue weighted by Gasteiger charge is 2.11. The first-order valence-electron chi connectivity index (χ1n) is 6.55. The Balaban J connectivity index is 2.65. The highest BCUT2D eigenvalue weighted by molar-refractivity contribution is 7.98. The fraction of sp³-hybridized carbons (Fsp3) is 0.600. The van der Waals surface area contributed by atoms with Crippen molar-refractivity contribution in [1.29, 1.82) is 0 Å². The molecule has 2 atom stereocenters. The predicted octanol–water partition coefficient (Wildman–Crippen LogP) is 4.04. The van der Waals surface area contributed by atoms with Crippen LogP contribution < -0.4 is 5.32 Å². The summed E-state index contributed by atoms with van der Waals surface area (Å²) in [5, 5.41) is 3.70. The van der Waals surface area contributed by atoms with Crippen LogP contribution in [0, 0.1) is 0 Å². The van der Waals surface area contributed by atoms with Gasteiger partial charge in [-0.2, -0.15) is 11.8 Å². The summed E-state index contributed by atoms with van der Waals surface area (Å²) in [6, 6.07) is 10.1. The van der Waals surface area contributed by atoms with E-state index in [1.807, 2.05) is 11.8 Å². The first-order valence-corrected chi connectivity index (χ1v) is 7.94. The van der Waals surface area contributed by atoms with Crippen molar-refractivity contribution in [3.05, 3.63) is 35.4 Å². The van der Waals surface area contributed by atoms with Gasteiger partial charge in [0, 0.05) is 17.8 Å². The van der Waals surface area contributed by atoms with E-state index in [0.29, 0.717) is 12.1 Å². The maximum Gasteiger partial charge on any atom is 0.0320 e. The van der Waals surface area contributed by atoms with Crippen molar-refractivity contribution in [3.8, 4) is 0 Å². The maximum absolute atomic E-state index is 3.70. The average molecular weight is 251 g/mol. The lowest BCUT2D eigenvalue weighted by atomic mass is 10.0. The normalized spacial score (nSPS) is 14.6. The Morgan fingerprint density at radius 3 is 2.29 bits per heavy atom. The van der Waals surface area contributed by atoms with E-state index in [0.717, 1.165) is 12.8 Å². The molecule has 0 aromatic heterocycles. The molecule has 0 aliphatic heterocycles. The van der Waals surface area contributed by atoms with Crippen LogP contribution in [0.3, 0.4) is 0 Å². The molecule has 0 aliphatic carbocycles. The smallest absolute Gasteiger partial charge is 0.0320 e. The van der Waals surface area contributed by atoms with Crippen molar-refractivity contribution in [3.63, 3.8) is 0 Å². The number of nitrogens with one attached hydrogen (secondary N) is 1. The first-order chi connectivity index (χ1) is 8.21. The lowest BCUT2D eigenvalue weighted by molar-refractivity contribution is 0.470. The van der Waals surface area contributed by atoms with Crippen molar-refractivity contribution in [2.75, 3.05) is 12.0 Å². The van der Waals surface area contributed by atoms with Gasteiger partial charge < -0.3 is 5.32 Å². The Bertz CT molecular complexity index is 307. The second-order valence-corrected chi connectivity index (χ2v) is 5.49. The monoisotopic (exact) mass is 251 g/mol. The van der Waals surface area contributed by atoms with Gasteiger partial charge in [0.05, 0.1) is 0 Å². The second kappa shape index (κ2) is 7.78. The number of rotatable bonds is 7. The van der Waals surface area contributed by atoms with Crippen LogP contribution >= 0.6 is 11.8 Å². The average Bonchev–Trinajstić information content (AvgIpc) is 2.36. The van der Waals surface area contributed by atoms with Crippen molar-refractivity contribution in [1.82, 2.24) is 5.32 Å². The summed E-state index contributed by atoms with van der Waals surface area (Å²) in [6.45, 7) is 6.71. The van der Waals surface area contributed by atoms with Crippen LogP contribution in [0.4, 0.5) is 0 Å². The zero-order valence-electron chi connectivity index (χ0n) is 11.5. The molecule has 0 radical (unpaired) electrons. The Morgan fingerprint density at radius 2 is 1.82 bits per heavy atom. The van der Waals surface area contributed by atoms with Gasteiger partial charge in [-0.05, 0) is 37.1 Å². The largest absolute Gasteiger partial charge is 0.307 e. The molecule has 0 spiro atoms. The second-order valence-electron chi connectivity index (χ2n) is 4.58. The summed E-state index contributed by atoms with van der Waals surface area (Å²) < 4.78 is 0. The van der Waals surface area contributed by atoms with Crippen LogP contribution in [0.5, 0.6) is 0 Å². The number of hydrogen-bond donors (Lipinski definition) is 1. The zero-order valence-corrected chi connectivity index (χ0v) is 12.3. The van der Waals surface area contributed by atoms with Gasteiger partial charge >= 0.3 is 0 Å². The van der Waals surface area contributed by atoms with E-state index in [9.17, 15) is 0 Å². The number of hydrogen-bond acceptors (Lipinski definition) is 2. The summed E-state index contributed by atoms with van der Waals surface area (Å²) in [6.07, 6.45) is 4.42. The third kappa shape index (κ3) is 4.72. The van der Waals surface area contributed by atoms with E-state index in [2.05, 4.69) is 56.6 Å². The number of aryl methyl sites for hydroxylation is 1. The molecule has 0 amide bonds. The van der Waals surface area contributed by atoms with E-state index in [-0.39, 0.29) is 0 Å². The molecule has 96 valence electrons. The fourth-order valence-electron chi connectivity index (χ4n) is 2.08. The minimum absolute atomic E-state index is 0.489. The number of thioether (sulfide) groups is 1. The van der Waals surface area contributed by atoms with Crippen LogP contribution in [0.2, 0.25) is 0 Å². The summed E-state index contributed by atoms with van der Waals surface area (Å²) >= 11 is 1.90. The minimum Gasteiger partial charge on any atom is -0.307 e. The fourth-order valence-corrected chi connectivity index (χ4v) is 2.67. The molecule has 0 saturated heterocycles. The van der Waals surface area contributed by atoms with Crippen LogP contribution in [-0.4, -0.2) is 18.1 Å². The van der Waals surface area contributed by atoms with E-state index in [4.69, 9.17) is 0 Å². The third-order valence-corrected chi connectivity index (χ3v) is 3.93. The molecule has 0 fully saturated rings. The zero-order chi connectivity index (χ0) is 12.7. The Morgan fingerprint density at radius 1 is 1.18 bits per heavy atom. The van der Waals surface area contributed by atoms with Gasteiger partial charge in [0.15, 0.2) is 0 Å². The molecular weight excluding hydrogens is 226 g/mol. The summed E-state index contributed by atoms with van der Waals surface area (Å²) in [5.74, 6) is 1.17. The summed E-state index contributed by atoms with van der Waals surface area (Å²) in [5.41, 5.74) is 2.83. The lowest BCUT2D eigenvalue weighted by Gasteiger charge is -2.22. The summed E-state index contributed by atoms with van der Waals surface area (Å²) in [7, 11) is 0. The molecule has 0 heterocycles. The Hall–Kier alpha value is -0.470. The van der Waals surface area contributed by atoms with E-state index >= 15 is 0 Å². The molecule has 0 saturated carbocycles. The maximum atomic E-state index is 3.70. The van der Waals surface area contributed by atoms with Crippen molar-refractivity contribution in [2.45, 2.75) is 45.7 Å². The van der Waals surface area contributed by atoms with Crippen LogP contribution in [0.15, 0.2) is 24.3 Å². The molecule has 0 aliphatic rings. The highest BCUT2D eigenvalue weighted by atomic mass is 32.2. The summed E-state index contributed by atoms with van der Waals surface area (Å²) in [4.78, 5) is 0. The predicted molar refractivity (Wildman–Crippen MR) is 79.8 cm³/mol. The van der Waals surface area contributed by atoms with E-state index < -0.39 is 0 Å². The Labute approximate surface area is 110 Å². The van der Waals surface area contributed by atoms with Gasteiger partial charge in [-0.3, -0.25) is 0 Å². The lowest BCUT2D eigenvalue weighted by Crippen LogP contribution is -2.32. The minimum atomic E-state index is 0.489. The molecule has 1 nitrogen and oxygen atoms in total. The van der Waals surface area contributed by atoms with E-state index in [1.165, 1.54) is 16.9 Å². The molecule has 1 aromatic carbocycles. The quantitative estimate of drug-likeness (QED) is 0.785. The SMILES string of the molecule is CCc1ccc(C(CC)NC(C)CSC)cc1. The molecule has 0 bridgehead atoms. The molecule has 2 heteroatoms. The van der Waals surface area contributed by atoms with Crippen LogP contribution in [0.1, 0.15) is 44.4 Å². The Kier molecular flexibility index (Phi) is 6.68. The van der Waals surface area contributed by atoms with Gasteiger partial charge in [0.25, 0.3) is 0 Å². The van der Waals surface area contributed by atoms with Crippen molar-refractivity contribution in [2.24, 2.45) is 0 Å². The van der Waals surface area contributed by atoms with Crippen molar-refractivity contribution < 1.29 is 0 Å². The van der Waals surface area contributed by atoms with Gasteiger partial charge in [0.2, 0.25) is 0 Å². The third-order valence-electron chi connectivity index (χ3n) is 3.10. The van der Waals surface area contributed by atoms with Crippen molar-refractivity contribution >= 4 is 11.8 Å². The van der Waals surface area contributed by atoms with Gasteiger partial charge in [0.1, 0.15) is 0 Å². The molecule has 2 unspecified atom stereocenters. The van der Waals surface area contributed by atoms with Gasteiger partial charge in [-0.1, -0.05) is 38.1 Å². The topological polar surface area (TPSA) is 12.0 Å². The van der Waals surface area contributed by atoms with Crippen LogP contribution in [0.25, 0.3) is 0 Å². The van der Waals surface area contributed by atoms with E-state index in [1.54, 1.807) is 0 Å². The standard InChI is InChI=1S/C15H25NS/c1-5-13-7-9-14(10-8-13)15(6-2)16-12(3)11-17-4/h7-10,12,15-16H,5-6,11H2,1-4H3. The molecular formula is C15H25NS. The molecule has 17 heavy (non-hydrogen) atoms. The molecule has 1 rings (SSSR count). The van der Waals surface area contributed by atoms with Gasteiger partial charge in [-0.25, -0.2) is 0 Å².